The lowest BCUT2D eigenvalue weighted by molar-refractivity contribution is -0.387. The Bertz CT molecular complexity index is 1040. The van der Waals surface area contributed by atoms with Gasteiger partial charge in [0.25, 0.3) is 5.69 Å². The number of hydrogen-bond acceptors (Lipinski definition) is 5. The highest BCUT2D eigenvalue weighted by Gasteiger charge is 2.35. The van der Waals surface area contributed by atoms with Crippen molar-refractivity contribution in [2.24, 2.45) is 0 Å². The SMILES string of the molecule is O=[N+]([O-])c1cc(Cl)ccc1S(=O)(=O)N1CCN(c2cccc(C(F)(F)F)c2)CC1. The lowest BCUT2D eigenvalue weighted by Gasteiger charge is -2.35. The Morgan fingerprint density at radius 1 is 1.03 bits per heavy atom. The molecule has 1 fully saturated rings. The molecule has 156 valence electrons. The molecule has 29 heavy (non-hydrogen) atoms. The zero-order valence-corrected chi connectivity index (χ0v) is 16.3. The van der Waals surface area contributed by atoms with Gasteiger partial charge >= 0.3 is 6.18 Å². The summed E-state index contributed by atoms with van der Waals surface area (Å²) in [4.78, 5) is 11.6. The molecule has 0 bridgehead atoms. The van der Waals surface area contributed by atoms with Crippen LogP contribution in [-0.2, 0) is 16.2 Å². The van der Waals surface area contributed by atoms with Gasteiger partial charge in [-0.3, -0.25) is 10.1 Å². The van der Waals surface area contributed by atoms with Crippen LogP contribution in [0, 0.1) is 10.1 Å². The molecule has 1 saturated heterocycles. The molecule has 1 aliphatic heterocycles. The molecule has 0 aliphatic carbocycles. The van der Waals surface area contributed by atoms with Crippen LogP contribution in [0.25, 0.3) is 0 Å². The van der Waals surface area contributed by atoms with Crippen molar-refractivity contribution in [3.8, 4) is 0 Å². The molecule has 1 heterocycles. The standard InChI is InChI=1S/C17H15ClF3N3O4S/c18-13-4-5-16(15(11-13)24(25)26)29(27,28)23-8-6-22(7-9-23)14-3-1-2-12(10-14)17(19,20)21/h1-5,10-11H,6-9H2. The molecule has 3 rings (SSSR count). The van der Waals surface area contributed by atoms with E-state index in [0.717, 1.165) is 28.6 Å². The fourth-order valence-electron chi connectivity index (χ4n) is 3.06. The van der Waals surface area contributed by atoms with E-state index in [2.05, 4.69) is 0 Å². The van der Waals surface area contributed by atoms with Crippen LogP contribution in [-0.4, -0.2) is 43.8 Å². The van der Waals surface area contributed by atoms with E-state index in [1.165, 1.54) is 18.2 Å². The lowest BCUT2D eigenvalue weighted by atomic mass is 10.1. The number of piperazine rings is 1. The number of anilines is 1. The molecular formula is C17H15ClF3N3O4S. The van der Waals surface area contributed by atoms with Crippen LogP contribution < -0.4 is 4.90 Å². The molecule has 0 amide bonds. The number of nitrogens with zero attached hydrogens (tertiary/aromatic N) is 3. The van der Waals surface area contributed by atoms with Gasteiger partial charge in [-0.05, 0) is 30.3 Å². The smallest absolute Gasteiger partial charge is 0.369 e. The minimum absolute atomic E-state index is 0.0294. The van der Waals surface area contributed by atoms with E-state index in [-0.39, 0.29) is 31.2 Å². The highest BCUT2D eigenvalue weighted by molar-refractivity contribution is 7.89. The van der Waals surface area contributed by atoms with Crippen LogP contribution in [0.2, 0.25) is 5.02 Å². The Balaban J connectivity index is 1.80. The molecular weight excluding hydrogens is 435 g/mol. The predicted molar refractivity (Wildman–Crippen MR) is 101 cm³/mol. The Labute approximate surface area is 169 Å². The first-order chi connectivity index (χ1) is 13.5. The van der Waals surface area contributed by atoms with Crippen LogP contribution in [0.5, 0.6) is 0 Å². The maximum atomic E-state index is 12.9. The normalized spacial score (nSPS) is 16.1. The topological polar surface area (TPSA) is 83.8 Å². The first-order valence-corrected chi connectivity index (χ1v) is 10.2. The first kappa shape index (κ1) is 21.3. The van der Waals surface area contributed by atoms with Crippen molar-refractivity contribution in [3.05, 3.63) is 63.2 Å². The second-order valence-corrected chi connectivity index (χ2v) is 8.65. The van der Waals surface area contributed by atoms with E-state index in [1.54, 1.807) is 4.90 Å². The summed E-state index contributed by atoms with van der Waals surface area (Å²) in [6, 6.07) is 8.07. The van der Waals surface area contributed by atoms with Crippen LogP contribution in [0.1, 0.15) is 5.56 Å². The van der Waals surface area contributed by atoms with E-state index >= 15 is 0 Å². The van der Waals surface area contributed by atoms with Crippen molar-refractivity contribution in [1.29, 1.82) is 0 Å². The van der Waals surface area contributed by atoms with Gasteiger partial charge in [0.1, 0.15) is 0 Å². The lowest BCUT2D eigenvalue weighted by Crippen LogP contribution is -2.48. The number of halogens is 4. The van der Waals surface area contributed by atoms with E-state index in [9.17, 15) is 31.7 Å². The van der Waals surface area contributed by atoms with Gasteiger partial charge in [-0.1, -0.05) is 17.7 Å². The molecule has 0 N–H and O–H groups in total. The number of sulfonamides is 1. The fourth-order valence-corrected chi connectivity index (χ4v) is 4.78. The molecule has 0 radical (unpaired) electrons. The summed E-state index contributed by atoms with van der Waals surface area (Å²) in [5.74, 6) is 0. The Morgan fingerprint density at radius 2 is 1.69 bits per heavy atom. The molecule has 0 saturated carbocycles. The summed E-state index contributed by atoms with van der Waals surface area (Å²) >= 11 is 5.73. The quantitative estimate of drug-likeness (QED) is 0.524. The van der Waals surface area contributed by atoms with Gasteiger partial charge in [-0.25, -0.2) is 8.42 Å². The summed E-state index contributed by atoms with van der Waals surface area (Å²) in [6.07, 6.45) is -4.48. The third-order valence-electron chi connectivity index (χ3n) is 4.51. The van der Waals surface area contributed by atoms with Gasteiger partial charge in [-0.2, -0.15) is 17.5 Å². The average Bonchev–Trinajstić information content (AvgIpc) is 2.67. The van der Waals surface area contributed by atoms with Crippen molar-refractivity contribution in [1.82, 2.24) is 4.31 Å². The van der Waals surface area contributed by atoms with Crippen LogP contribution in [0.3, 0.4) is 0 Å². The minimum atomic E-state index is -4.48. The van der Waals surface area contributed by atoms with Crippen LogP contribution in [0.15, 0.2) is 47.4 Å². The number of hydrogen-bond donors (Lipinski definition) is 0. The van der Waals surface area contributed by atoms with Gasteiger partial charge < -0.3 is 4.90 Å². The summed E-state index contributed by atoms with van der Waals surface area (Å²) in [6.45, 7) is 0.223. The predicted octanol–water partition coefficient (Wildman–Crippen LogP) is 3.78. The largest absolute Gasteiger partial charge is 0.416 e. The molecule has 2 aromatic carbocycles. The molecule has 0 aromatic heterocycles. The maximum Gasteiger partial charge on any atom is 0.416 e. The van der Waals surface area contributed by atoms with Crippen LogP contribution in [0.4, 0.5) is 24.5 Å². The van der Waals surface area contributed by atoms with Gasteiger partial charge in [0, 0.05) is 43.0 Å². The number of rotatable bonds is 4. The third-order valence-corrected chi connectivity index (χ3v) is 6.69. The van der Waals surface area contributed by atoms with Crippen molar-refractivity contribution < 1.29 is 26.5 Å². The summed E-state index contributed by atoms with van der Waals surface area (Å²) in [7, 11) is -4.17. The minimum Gasteiger partial charge on any atom is -0.369 e. The van der Waals surface area contributed by atoms with Gasteiger partial charge in [0.05, 0.1) is 10.5 Å². The highest BCUT2D eigenvalue weighted by atomic mass is 35.5. The van der Waals surface area contributed by atoms with E-state index in [1.807, 2.05) is 0 Å². The van der Waals surface area contributed by atoms with E-state index < -0.39 is 37.3 Å². The van der Waals surface area contributed by atoms with E-state index in [0.29, 0.717) is 5.69 Å². The molecule has 0 spiro atoms. The molecule has 0 unspecified atom stereocenters. The number of nitro groups is 1. The van der Waals surface area contributed by atoms with Crippen molar-refractivity contribution in [3.63, 3.8) is 0 Å². The van der Waals surface area contributed by atoms with E-state index in [4.69, 9.17) is 11.6 Å². The van der Waals surface area contributed by atoms with Crippen molar-refractivity contribution >= 4 is 33.0 Å². The first-order valence-electron chi connectivity index (χ1n) is 8.36. The molecule has 7 nitrogen and oxygen atoms in total. The second kappa shape index (κ2) is 7.81. The molecule has 12 heteroatoms. The number of nitro benzene ring substituents is 1. The van der Waals surface area contributed by atoms with Crippen LogP contribution >= 0.6 is 11.6 Å². The number of alkyl halides is 3. The summed E-state index contributed by atoms with van der Waals surface area (Å²) < 4.78 is 65.5. The van der Waals surface area contributed by atoms with Gasteiger partial charge in [-0.15, -0.1) is 0 Å². The Hall–Kier alpha value is -2.37. The summed E-state index contributed by atoms with van der Waals surface area (Å²) in [5, 5.41) is 11.2. The zero-order chi connectivity index (χ0) is 21.4. The monoisotopic (exact) mass is 449 g/mol. The maximum absolute atomic E-state index is 12.9. The number of benzene rings is 2. The molecule has 1 aliphatic rings. The molecule has 0 atom stereocenters. The zero-order valence-electron chi connectivity index (χ0n) is 14.8. The molecule has 2 aromatic rings. The average molecular weight is 450 g/mol. The third kappa shape index (κ3) is 4.46. The highest BCUT2D eigenvalue weighted by Crippen LogP contribution is 2.33. The van der Waals surface area contributed by atoms with Gasteiger partial charge in [0.2, 0.25) is 10.0 Å². The van der Waals surface area contributed by atoms with Gasteiger partial charge in [0.15, 0.2) is 4.90 Å². The second-order valence-electron chi connectivity index (χ2n) is 6.31. The summed E-state index contributed by atoms with van der Waals surface area (Å²) in [5.41, 5.74) is -1.09. The Morgan fingerprint density at radius 3 is 2.28 bits per heavy atom. The Kier molecular flexibility index (Phi) is 5.74. The van der Waals surface area contributed by atoms with Crippen molar-refractivity contribution in [2.75, 3.05) is 31.1 Å². The fraction of sp³-hybridized carbons (Fsp3) is 0.294. The van der Waals surface area contributed by atoms with Crippen molar-refractivity contribution in [2.45, 2.75) is 11.1 Å².